The minimum Gasteiger partial charge on any atom is -0.416 e. The molecule has 0 bridgehead atoms. The number of anilines is 1. The Bertz CT molecular complexity index is 718. The summed E-state index contributed by atoms with van der Waals surface area (Å²) >= 11 is 1.32. The number of rotatable bonds is 5. The second-order valence-corrected chi connectivity index (χ2v) is 8.05. The second-order valence-electron chi connectivity index (χ2n) is 6.76. The Morgan fingerprint density at radius 3 is 2.56 bits per heavy atom. The van der Waals surface area contributed by atoms with Crippen LogP contribution in [0.25, 0.3) is 0 Å². The summed E-state index contributed by atoms with van der Waals surface area (Å²) in [6, 6.07) is 5.98. The van der Waals surface area contributed by atoms with Gasteiger partial charge in [-0.25, -0.2) is 0 Å². The van der Waals surface area contributed by atoms with E-state index in [0.717, 1.165) is 35.5 Å². The number of nitrogens with zero attached hydrogens (tertiary/aromatic N) is 2. The molecular formula is C19H25N3O2S. The van der Waals surface area contributed by atoms with Gasteiger partial charge in [-0.3, -0.25) is 4.79 Å². The topological polar surface area (TPSA) is 68.0 Å². The lowest BCUT2D eigenvalue weighted by atomic mass is 9.89. The van der Waals surface area contributed by atoms with Crippen LogP contribution in [0.5, 0.6) is 0 Å². The Labute approximate surface area is 153 Å². The van der Waals surface area contributed by atoms with Gasteiger partial charge in [0.15, 0.2) is 0 Å². The normalized spacial score (nSPS) is 16.6. The predicted octanol–water partition coefficient (Wildman–Crippen LogP) is 4.85. The third-order valence-corrected chi connectivity index (χ3v) is 5.69. The Morgan fingerprint density at radius 2 is 1.88 bits per heavy atom. The van der Waals surface area contributed by atoms with Crippen LogP contribution in [-0.4, -0.2) is 21.4 Å². The van der Waals surface area contributed by atoms with Crippen LogP contribution in [0.4, 0.5) is 5.69 Å². The molecule has 25 heavy (non-hydrogen) atoms. The average molecular weight is 359 g/mol. The SMILES string of the molecule is Cc1cccc(C)c1NC(=O)[C@H](C)Sc1nnc(C2CCCCC2)o1. The molecule has 0 spiro atoms. The van der Waals surface area contributed by atoms with Gasteiger partial charge in [0.1, 0.15) is 0 Å². The van der Waals surface area contributed by atoms with Crippen molar-refractivity contribution in [2.24, 2.45) is 0 Å². The second kappa shape index (κ2) is 8.04. The van der Waals surface area contributed by atoms with Gasteiger partial charge in [0.25, 0.3) is 5.22 Å². The number of amides is 1. The molecule has 1 heterocycles. The molecule has 1 aromatic heterocycles. The van der Waals surface area contributed by atoms with Crippen LogP contribution in [0.1, 0.15) is 62.0 Å². The van der Waals surface area contributed by atoms with Crippen molar-refractivity contribution in [1.82, 2.24) is 10.2 Å². The lowest BCUT2D eigenvalue weighted by Gasteiger charge is -2.17. The number of carbonyl (C=O) groups is 1. The molecule has 0 aliphatic heterocycles. The highest BCUT2D eigenvalue weighted by atomic mass is 32.2. The van der Waals surface area contributed by atoms with Crippen molar-refractivity contribution in [3.05, 3.63) is 35.2 Å². The first-order chi connectivity index (χ1) is 12.0. The fourth-order valence-electron chi connectivity index (χ4n) is 3.22. The first-order valence-electron chi connectivity index (χ1n) is 8.91. The monoisotopic (exact) mass is 359 g/mol. The number of aryl methyl sites for hydroxylation is 2. The molecule has 1 aromatic carbocycles. The number of hydrogen-bond donors (Lipinski definition) is 1. The van der Waals surface area contributed by atoms with Crippen molar-refractivity contribution in [2.75, 3.05) is 5.32 Å². The molecule has 0 radical (unpaired) electrons. The molecule has 0 saturated heterocycles. The van der Waals surface area contributed by atoms with Crippen molar-refractivity contribution in [2.45, 2.75) is 69.3 Å². The van der Waals surface area contributed by atoms with E-state index in [2.05, 4.69) is 15.5 Å². The Kier molecular flexibility index (Phi) is 5.78. The third kappa shape index (κ3) is 4.42. The summed E-state index contributed by atoms with van der Waals surface area (Å²) in [7, 11) is 0. The molecule has 134 valence electrons. The zero-order valence-corrected chi connectivity index (χ0v) is 15.9. The van der Waals surface area contributed by atoms with Crippen molar-refractivity contribution >= 4 is 23.4 Å². The molecule has 2 aromatic rings. The van der Waals surface area contributed by atoms with Crippen molar-refractivity contribution in [3.63, 3.8) is 0 Å². The number of carbonyl (C=O) groups excluding carboxylic acids is 1. The van der Waals surface area contributed by atoms with Gasteiger partial charge < -0.3 is 9.73 Å². The van der Waals surface area contributed by atoms with Gasteiger partial charge in [0.2, 0.25) is 11.8 Å². The Morgan fingerprint density at radius 1 is 1.20 bits per heavy atom. The van der Waals surface area contributed by atoms with Crippen LogP contribution in [0.2, 0.25) is 0 Å². The third-order valence-electron chi connectivity index (χ3n) is 4.75. The first-order valence-corrected chi connectivity index (χ1v) is 9.79. The number of aromatic nitrogens is 2. The van der Waals surface area contributed by atoms with Gasteiger partial charge >= 0.3 is 0 Å². The Balaban J connectivity index is 1.61. The van der Waals surface area contributed by atoms with Gasteiger partial charge in [-0.15, -0.1) is 10.2 Å². The molecule has 1 N–H and O–H groups in total. The van der Waals surface area contributed by atoms with Crippen LogP contribution in [0, 0.1) is 13.8 Å². The molecule has 1 amide bonds. The summed E-state index contributed by atoms with van der Waals surface area (Å²) in [6.07, 6.45) is 5.99. The number of thioether (sulfide) groups is 1. The molecule has 5 nitrogen and oxygen atoms in total. The maximum Gasteiger partial charge on any atom is 0.277 e. The van der Waals surface area contributed by atoms with Gasteiger partial charge in [-0.1, -0.05) is 49.2 Å². The quantitative estimate of drug-likeness (QED) is 0.773. The van der Waals surface area contributed by atoms with E-state index < -0.39 is 0 Å². The highest BCUT2D eigenvalue weighted by Gasteiger charge is 2.24. The highest BCUT2D eigenvalue weighted by Crippen LogP contribution is 2.33. The summed E-state index contributed by atoms with van der Waals surface area (Å²) in [4.78, 5) is 12.5. The highest BCUT2D eigenvalue weighted by molar-refractivity contribution is 8.00. The number of benzene rings is 1. The fourth-order valence-corrected chi connectivity index (χ4v) is 3.91. The minimum absolute atomic E-state index is 0.0557. The summed E-state index contributed by atoms with van der Waals surface area (Å²) in [5.74, 6) is 1.05. The average Bonchev–Trinajstić information content (AvgIpc) is 3.07. The molecule has 6 heteroatoms. The van der Waals surface area contributed by atoms with Crippen LogP contribution in [-0.2, 0) is 4.79 Å². The molecule has 0 unspecified atom stereocenters. The van der Waals surface area contributed by atoms with Crippen molar-refractivity contribution < 1.29 is 9.21 Å². The van der Waals surface area contributed by atoms with E-state index in [1.54, 1.807) is 0 Å². The zero-order chi connectivity index (χ0) is 17.8. The number of para-hydroxylation sites is 1. The summed E-state index contributed by atoms with van der Waals surface area (Å²) < 4.78 is 5.80. The fraction of sp³-hybridized carbons (Fsp3) is 0.526. The van der Waals surface area contributed by atoms with Crippen molar-refractivity contribution in [1.29, 1.82) is 0 Å². The smallest absolute Gasteiger partial charge is 0.277 e. The summed E-state index contributed by atoms with van der Waals surface area (Å²) in [5, 5.41) is 11.5. The van der Waals surface area contributed by atoms with Crippen molar-refractivity contribution in [3.8, 4) is 0 Å². The van der Waals surface area contributed by atoms with Crippen LogP contribution >= 0.6 is 11.8 Å². The van der Waals surface area contributed by atoms with E-state index in [1.807, 2.05) is 39.0 Å². The molecule has 1 aliphatic carbocycles. The number of hydrogen-bond acceptors (Lipinski definition) is 5. The maximum absolute atomic E-state index is 12.5. The minimum atomic E-state index is -0.307. The van der Waals surface area contributed by atoms with E-state index in [-0.39, 0.29) is 11.2 Å². The van der Waals surface area contributed by atoms with E-state index in [1.165, 1.54) is 31.0 Å². The van der Waals surface area contributed by atoms with Gasteiger partial charge in [0.05, 0.1) is 5.25 Å². The van der Waals surface area contributed by atoms with Gasteiger partial charge in [-0.2, -0.15) is 0 Å². The first kappa shape index (κ1) is 18.0. The van der Waals surface area contributed by atoms with E-state index in [9.17, 15) is 4.79 Å². The molecule has 1 aliphatic rings. The predicted molar refractivity (Wildman–Crippen MR) is 100.0 cm³/mol. The lowest BCUT2D eigenvalue weighted by Crippen LogP contribution is -2.23. The number of nitrogens with one attached hydrogen (secondary N) is 1. The van der Waals surface area contributed by atoms with Crippen LogP contribution < -0.4 is 5.32 Å². The molecule has 1 atom stereocenters. The maximum atomic E-state index is 12.5. The summed E-state index contributed by atoms with van der Waals surface area (Å²) in [6.45, 7) is 5.85. The molecular weight excluding hydrogens is 334 g/mol. The molecule has 1 saturated carbocycles. The van der Waals surface area contributed by atoms with E-state index in [4.69, 9.17) is 4.42 Å². The largest absolute Gasteiger partial charge is 0.416 e. The van der Waals surface area contributed by atoms with E-state index in [0.29, 0.717) is 11.1 Å². The van der Waals surface area contributed by atoms with Gasteiger partial charge in [-0.05, 0) is 44.7 Å². The van der Waals surface area contributed by atoms with Crippen LogP contribution in [0.15, 0.2) is 27.8 Å². The summed E-state index contributed by atoms with van der Waals surface area (Å²) in [5.41, 5.74) is 3.00. The standard InChI is InChI=1S/C19H25N3O2S/c1-12-8-7-9-13(2)16(12)20-17(23)14(3)25-19-22-21-18(24-19)15-10-5-4-6-11-15/h7-9,14-15H,4-6,10-11H2,1-3H3,(H,20,23)/t14-/m0/s1. The Hall–Kier alpha value is -1.82. The van der Waals surface area contributed by atoms with Gasteiger partial charge in [0, 0.05) is 11.6 Å². The molecule has 3 rings (SSSR count). The lowest BCUT2D eigenvalue weighted by molar-refractivity contribution is -0.115. The van der Waals surface area contributed by atoms with E-state index >= 15 is 0 Å². The molecule has 1 fully saturated rings. The van der Waals surface area contributed by atoms with Crippen LogP contribution in [0.3, 0.4) is 0 Å². The zero-order valence-electron chi connectivity index (χ0n) is 15.0.